The fraction of sp³-hybridized carbons (Fsp3) is 0.281. The Morgan fingerprint density at radius 3 is 1.40 bits per heavy atom. The lowest BCUT2D eigenvalue weighted by Gasteiger charge is -2.13. The van der Waals surface area contributed by atoms with Crippen molar-refractivity contribution in [3.05, 3.63) is 103 Å². The third kappa shape index (κ3) is 9.03. The lowest BCUT2D eigenvalue weighted by atomic mass is 9.98. The molecule has 0 amide bonds. The highest BCUT2D eigenvalue weighted by atomic mass is 32.2. The largest absolute Gasteiger partial charge is 0.741 e. The van der Waals surface area contributed by atoms with Gasteiger partial charge in [0, 0.05) is 29.7 Å². The van der Waals surface area contributed by atoms with E-state index >= 15 is 0 Å². The topological polar surface area (TPSA) is 61.1 Å². The Bertz CT molecular complexity index is 1370. The third-order valence-corrected chi connectivity index (χ3v) is 7.00. The molecular formula is C32H34F3NO3S. The Kier molecular flexibility index (Phi) is 11.5. The summed E-state index contributed by atoms with van der Waals surface area (Å²) in [5, 5.41) is 0. The van der Waals surface area contributed by atoms with Gasteiger partial charge < -0.3 is 4.55 Å². The molecule has 0 radical (unpaired) electrons. The second kappa shape index (κ2) is 14.8. The number of unbranched alkanes of at least 4 members (excludes halogenated alkanes) is 5. The molecule has 1 aromatic heterocycles. The normalized spacial score (nSPS) is 11.5. The molecule has 4 rings (SSSR count). The average molecular weight is 570 g/mol. The minimum absolute atomic E-state index is 1.04. The van der Waals surface area contributed by atoms with Gasteiger partial charge in [-0.05, 0) is 41.8 Å². The van der Waals surface area contributed by atoms with Crippen LogP contribution in [0.3, 0.4) is 0 Å². The zero-order chi connectivity index (χ0) is 29.0. The van der Waals surface area contributed by atoms with Crippen molar-refractivity contribution in [2.45, 2.75) is 57.5 Å². The molecule has 0 fully saturated rings. The molecule has 0 aliphatic heterocycles. The van der Waals surface area contributed by atoms with Crippen molar-refractivity contribution in [1.82, 2.24) is 0 Å². The van der Waals surface area contributed by atoms with E-state index in [2.05, 4.69) is 115 Å². The first-order valence-electron chi connectivity index (χ1n) is 13.4. The van der Waals surface area contributed by atoms with Gasteiger partial charge in [0.25, 0.3) is 0 Å². The number of rotatable bonds is 10. The molecule has 0 aliphatic carbocycles. The van der Waals surface area contributed by atoms with Crippen LogP contribution in [-0.4, -0.2) is 18.5 Å². The van der Waals surface area contributed by atoms with Crippen molar-refractivity contribution in [3.63, 3.8) is 0 Å². The van der Waals surface area contributed by atoms with Crippen LogP contribution in [0, 0.1) is 0 Å². The molecule has 4 aromatic rings. The molecule has 0 atom stereocenters. The number of pyridine rings is 1. The number of benzene rings is 3. The minimum Gasteiger partial charge on any atom is -0.741 e. The van der Waals surface area contributed by atoms with E-state index in [0.29, 0.717) is 0 Å². The summed E-state index contributed by atoms with van der Waals surface area (Å²) in [6.07, 6.45) is 7.83. The van der Waals surface area contributed by atoms with Crippen molar-refractivity contribution >= 4 is 10.1 Å². The van der Waals surface area contributed by atoms with E-state index in [4.69, 9.17) is 13.0 Å². The number of nitrogens with zero attached hydrogens (tertiary/aromatic N) is 1. The molecule has 0 N–H and O–H groups in total. The second-order valence-corrected chi connectivity index (χ2v) is 10.8. The van der Waals surface area contributed by atoms with E-state index in [1.54, 1.807) is 0 Å². The first-order chi connectivity index (χ1) is 19.1. The fourth-order valence-corrected chi connectivity index (χ4v) is 4.41. The average Bonchev–Trinajstić information content (AvgIpc) is 2.95. The third-order valence-electron chi connectivity index (χ3n) is 6.43. The summed E-state index contributed by atoms with van der Waals surface area (Å²) in [6.45, 7) is 3.32. The molecule has 0 bridgehead atoms. The maximum Gasteiger partial charge on any atom is 0.485 e. The zero-order valence-corrected chi connectivity index (χ0v) is 23.3. The summed E-state index contributed by atoms with van der Waals surface area (Å²) in [6, 6.07) is 37.2. The van der Waals surface area contributed by atoms with Gasteiger partial charge in [-0.3, -0.25) is 0 Å². The Morgan fingerprint density at radius 1 is 0.625 bits per heavy atom. The quantitative estimate of drug-likeness (QED) is 0.0834. The molecule has 0 spiro atoms. The molecule has 0 saturated carbocycles. The van der Waals surface area contributed by atoms with Crippen molar-refractivity contribution in [3.8, 4) is 33.6 Å². The summed E-state index contributed by atoms with van der Waals surface area (Å²) >= 11 is 0. The van der Waals surface area contributed by atoms with Crippen LogP contribution in [0.15, 0.2) is 103 Å². The highest BCUT2D eigenvalue weighted by Gasteiger charge is 2.37. The maximum atomic E-state index is 10.7. The van der Waals surface area contributed by atoms with Crippen LogP contribution in [0.4, 0.5) is 13.2 Å². The number of halogens is 3. The minimum atomic E-state index is -6.09. The monoisotopic (exact) mass is 569 g/mol. The van der Waals surface area contributed by atoms with Crippen molar-refractivity contribution in [2.24, 2.45) is 0 Å². The van der Waals surface area contributed by atoms with Crippen molar-refractivity contribution < 1.29 is 30.7 Å². The summed E-state index contributed by atoms with van der Waals surface area (Å²) in [7, 11) is -6.09. The predicted molar refractivity (Wildman–Crippen MR) is 152 cm³/mol. The lowest BCUT2D eigenvalue weighted by Crippen LogP contribution is -2.39. The Labute approximate surface area is 234 Å². The highest BCUT2D eigenvalue weighted by molar-refractivity contribution is 7.86. The summed E-state index contributed by atoms with van der Waals surface area (Å²) in [4.78, 5) is 0. The Hall–Kier alpha value is -3.49. The zero-order valence-electron chi connectivity index (χ0n) is 22.5. The van der Waals surface area contributed by atoms with Gasteiger partial charge in [0.1, 0.15) is 6.54 Å². The molecule has 1 heterocycles. The van der Waals surface area contributed by atoms with E-state index in [1.807, 2.05) is 0 Å². The van der Waals surface area contributed by atoms with E-state index in [1.165, 1.54) is 72.2 Å². The molecule has 40 heavy (non-hydrogen) atoms. The molecule has 212 valence electrons. The van der Waals surface area contributed by atoms with E-state index in [-0.39, 0.29) is 0 Å². The van der Waals surface area contributed by atoms with Gasteiger partial charge in [-0.15, -0.1) is 0 Å². The second-order valence-electron chi connectivity index (χ2n) is 9.43. The lowest BCUT2D eigenvalue weighted by molar-refractivity contribution is -0.675. The first-order valence-corrected chi connectivity index (χ1v) is 14.8. The molecule has 0 saturated heterocycles. The molecule has 0 unspecified atom stereocenters. The molecule has 8 heteroatoms. The molecule has 4 nitrogen and oxygen atoms in total. The Balaban J connectivity index is 0.000000482. The standard InChI is InChI=1S/C31H34N.CHF3O3S/c1-2-3-4-5-6-16-23-32-30(27-19-12-8-13-20-27)24-29(26-17-10-7-11-18-26)25-31(32)28-21-14-9-15-22-28;2-1(3,4)8(5,6)7/h7-15,17-22,24-25H,2-6,16,23H2,1H3;(H,5,6,7)/q+1;/p-1. The van der Waals surface area contributed by atoms with Crippen LogP contribution in [0.2, 0.25) is 0 Å². The van der Waals surface area contributed by atoms with Gasteiger partial charge in [0.2, 0.25) is 11.4 Å². The number of alkyl halides is 3. The maximum absolute atomic E-state index is 10.7. The summed E-state index contributed by atoms with van der Waals surface area (Å²) in [5.41, 5.74) is 2.00. The highest BCUT2D eigenvalue weighted by Crippen LogP contribution is 2.29. The van der Waals surface area contributed by atoms with Crippen LogP contribution in [0.25, 0.3) is 33.6 Å². The van der Waals surface area contributed by atoms with Gasteiger partial charge in [0.05, 0.1) is 0 Å². The molecule has 0 aliphatic rings. The van der Waals surface area contributed by atoms with Gasteiger partial charge in [-0.2, -0.15) is 17.7 Å². The van der Waals surface area contributed by atoms with E-state index < -0.39 is 15.6 Å². The van der Waals surface area contributed by atoms with Gasteiger partial charge in [-0.25, -0.2) is 8.42 Å². The Morgan fingerprint density at radius 2 is 1.00 bits per heavy atom. The van der Waals surface area contributed by atoms with Crippen LogP contribution in [-0.2, 0) is 16.7 Å². The number of hydrogen-bond donors (Lipinski definition) is 0. The van der Waals surface area contributed by atoms with Crippen LogP contribution >= 0.6 is 0 Å². The van der Waals surface area contributed by atoms with Gasteiger partial charge in [-0.1, -0.05) is 99.3 Å². The molecular weight excluding hydrogens is 535 g/mol. The van der Waals surface area contributed by atoms with Crippen molar-refractivity contribution in [1.29, 1.82) is 0 Å². The van der Waals surface area contributed by atoms with E-state index in [9.17, 15) is 13.2 Å². The van der Waals surface area contributed by atoms with Crippen LogP contribution < -0.4 is 4.57 Å². The van der Waals surface area contributed by atoms with Gasteiger partial charge in [0.15, 0.2) is 10.1 Å². The summed E-state index contributed by atoms with van der Waals surface area (Å²) < 4.78 is 61.4. The summed E-state index contributed by atoms with van der Waals surface area (Å²) in [5.74, 6) is 0. The van der Waals surface area contributed by atoms with Gasteiger partial charge >= 0.3 is 5.51 Å². The van der Waals surface area contributed by atoms with Crippen molar-refractivity contribution in [2.75, 3.05) is 0 Å². The smallest absolute Gasteiger partial charge is 0.485 e. The number of hydrogen-bond acceptors (Lipinski definition) is 3. The van der Waals surface area contributed by atoms with Crippen LogP contribution in [0.5, 0.6) is 0 Å². The fourth-order valence-electron chi connectivity index (χ4n) is 4.41. The van der Waals surface area contributed by atoms with E-state index in [0.717, 1.165) is 6.54 Å². The van der Waals surface area contributed by atoms with Crippen LogP contribution in [0.1, 0.15) is 45.4 Å². The predicted octanol–water partition coefficient (Wildman–Crippen LogP) is 8.39. The molecule has 3 aromatic carbocycles. The first kappa shape index (κ1) is 31.0. The number of aromatic nitrogens is 1. The SMILES string of the molecule is CCCCCCCC[n+]1c(-c2ccccc2)cc(-c2ccccc2)cc1-c1ccccc1.O=S(=O)([O-])C(F)(F)F.